The zero-order chi connectivity index (χ0) is 23.4. The Balaban J connectivity index is 1.62. The molecule has 0 bridgehead atoms. The largest absolute Gasteiger partial charge is 0.464 e. The summed E-state index contributed by atoms with van der Waals surface area (Å²) in [5.74, 6) is 5.73. The van der Waals surface area contributed by atoms with Crippen molar-refractivity contribution < 1.29 is 35.9 Å². The standard InChI is InChI=1S/C20H14F6N4O2/c1-10-15-9-32-16-8-12(20(24,25)26)4-7-14(16)17(15)28-30(10)18(31)29(27)13-5-2-11(3-6-13)19(21,22)23/h2-10H,27H2,1H3/t10-/m1/s1. The average Bonchev–Trinajstić information content (AvgIpc) is 3.08. The van der Waals surface area contributed by atoms with Gasteiger partial charge in [0.1, 0.15) is 11.5 Å². The maximum Gasteiger partial charge on any atom is 0.416 e. The third-order valence-corrected chi connectivity index (χ3v) is 5.05. The van der Waals surface area contributed by atoms with Gasteiger partial charge in [0.15, 0.2) is 0 Å². The number of fused-ring (bicyclic) bond motifs is 3. The summed E-state index contributed by atoms with van der Waals surface area (Å²) in [5.41, 5.74) is -0.877. The van der Waals surface area contributed by atoms with E-state index in [4.69, 9.17) is 10.6 Å². The molecular weight excluding hydrogens is 442 g/mol. The monoisotopic (exact) mass is 456 g/mol. The number of hydrazine groups is 1. The molecule has 0 unspecified atom stereocenters. The minimum atomic E-state index is -4.56. The van der Waals surface area contributed by atoms with E-state index in [1.165, 1.54) is 12.3 Å². The number of alkyl halides is 6. The first-order valence-corrected chi connectivity index (χ1v) is 9.10. The number of urea groups is 1. The lowest BCUT2D eigenvalue weighted by molar-refractivity contribution is -0.138. The lowest BCUT2D eigenvalue weighted by Crippen LogP contribution is -2.47. The Morgan fingerprint density at radius 2 is 1.62 bits per heavy atom. The highest BCUT2D eigenvalue weighted by molar-refractivity contribution is 6.17. The van der Waals surface area contributed by atoms with Crippen molar-refractivity contribution in [1.82, 2.24) is 5.01 Å². The normalized spacial score (nSPS) is 17.8. The second-order valence-corrected chi connectivity index (χ2v) is 7.07. The number of ether oxygens (including phenoxy) is 1. The van der Waals surface area contributed by atoms with Crippen LogP contribution in [0.1, 0.15) is 23.6 Å². The highest BCUT2D eigenvalue weighted by Gasteiger charge is 2.40. The van der Waals surface area contributed by atoms with E-state index in [2.05, 4.69) is 5.10 Å². The second-order valence-electron chi connectivity index (χ2n) is 7.07. The van der Waals surface area contributed by atoms with Crippen LogP contribution in [0.15, 0.2) is 59.4 Å². The fraction of sp³-hybridized carbons (Fsp3) is 0.200. The van der Waals surface area contributed by atoms with Crippen LogP contribution in [0.25, 0.3) is 0 Å². The Morgan fingerprint density at radius 3 is 2.22 bits per heavy atom. The maximum absolute atomic E-state index is 13.0. The Morgan fingerprint density at radius 1 is 1.03 bits per heavy atom. The molecule has 2 aliphatic rings. The molecule has 2 N–H and O–H groups in total. The van der Waals surface area contributed by atoms with Crippen molar-refractivity contribution in [1.29, 1.82) is 0 Å². The van der Waals surface area contributed by atoms with Crippen molar-refractivity contribution in [2.75, 3.05) is 5.01 Å². The van der Waals surface area contributed by atoms with Crippen LogP contribution in [0.3, 0.4) is 0 Å². The van der Waals surface area contributed by atoms with E-state index < -0.39 is 35.6 Å². The van der Waals surface area contributed by atoms with Crippen LogP contribution in [-0.4, -0.2) is 22.8 Å². The van der Waals surface area contributed by atoms with Crippen LogP contribution in [0.4, 0.5) is 36.8 Å². The number of hydrogen-bond donors (Lipinski definition) is 1. The fourth-order valence-electron chi connectivity index (χ4n) is 3.30. The summed E-state index contributed by atoms with van der Waals surface area (Å²) in [6.45, 7) is 1.60. The summed E-state index contributed by atoms with van der Waals surface area (Å²) < 4.78 is 82.4. The number of amides is 2. The fourth-order valence-corrected chi connectivity index (χ4v) is 3.30. The van der Waals surface area contributed by atoms with Gasteiger partial charge in [-0.3, -0.25) is 0 Å². The predicted molar refractivity (Wildman–Crippen MR) is 101 cm³/mol. The number of hydrazone groups is 1. The molecule has 0 radical (unpaired) electrons. The first-order chi connectivity index (χ1) is 14.9. The topological polar surface area (TPSA) is 71.2 Å². The summed E-state index contributed by atoms with van der Waals surface area (Å²) in [6.07, 6.45) is -7.89. The molecule has 2 aromatic rings. The highest BCUT2D eigenvalue weighted by atomic mass is 19.4. The van der Waals surface area contributed by atoms with Crippen molar-refractivity contribution in [2.24, 2.45) is 10.9 Å². The molecule has 0 aliphatic carbocycles. The van der Waals surface area contributed by atoms with E-state index in [0.29, 0.717) is 10.6 Å². The molecule has 6 nitrogen and oxygen atoms in total. The molecular formula is C20H14F6N4O2. The van der Waals surface area contributed by atoms with Gasteiger partial charge in [0.05, 0.1) is 29.1 Å². The Labute approximate surface area is 177 Å². The maximum atomic E-state index is 13.0. The molecule has 0 spiro atoms. The van der Waals surface area contributed by atoms with E-state index >= 15 is 0 Å². The number of nitrogens with two attached hydrogens (primary N) is 1. The van der Waals surface area contributed by atoms with Crippen molar-refractivity contribution in [3.8, 4) is 5.75 Å². The molecule has 0 saturated heterocycles. The molecule has 2 amide bonds. The van der Waals surface area contributed by atoms with Gasteiger partial charge >= 0.3 is 18.4 Å². The molecule has 2 heterocycles. The zero-order valence-corrected chi connectivity index (χ0v) is 16.2. The number of hydrogen-bond acceptors (Lipinski definition) is 4. The third kappa shape index (κ3) is 3.66. The SMILES string of the molecule is C[C@@H]1C2=COc3cc(C(F)(F)F)ccc3C2=NN1C(=O)N(N)c1ccc(C(F)(F)F)cc1. The van der Waals surface area contributed by atoms with E-state index in [1.54, 1.807) is 6.92 Å². The number of halogens is 6. The molecule has 168 valence electrons. The molecule has 2 aromatic carbocycles. The number of carbonyl (C=O) groups excluding carboxylic acids is 1. The number of nitrogens with zero attached hydrogens (tertiary/aromatic N) is 3. The van der Waals surface area contributed by atoms with Gasteiger partial charge in [-0.25, -0.2) is 20.7 Å². The van der Waals surface area contributed by atoms with E-state index in [0.717, 1.165) is 41.4 Å². The van der Waals surface area contributed by atoms with Gasteiger partial charge in [-0.05, 0) is 49.4 Å². The lowest BCUT2D eigenvalue weighted by Gasteiger charge is -2.25. The van der Waals surface area contributed by atoms with Gasteiger partial charge in [-0.15, -0.1) is 0 Å². The molecule has 0 aromatic heterocycles. The quantitative estimate of drug-likeness (QED) is 0.287. The smallest absolute Gasteiger partial charge is 0.416 e. The van der Waals surface area contributed by atoms with Crippen LogP contribution < -0.4 is 15.6 Å². The molecule has 0 fully saturated rings. The molecule has 0 saturated carbocycles. The van der Waals surface area contributed by atoms with E-state index in [9.17, 15) is 31.1 Å². The van der Waals surface area contributed by atoms with Crippen LogP contribution in [0.5, 0.6) is 5.75 Å². The number of benzene rings is 2. The van der Waals surface area contributed by atoms with Gasteiger partial charge in [0.2, 0.25) is 0 Å². The molecule has 4 rings (SSSR count). The van der Waals surface area contributed by atoms with Gasteiger partial charge in [0, 0.05) is 11.1 Å². The first-order valence-electron chi connectivity index (χ1n) is 9.10. The number of anilines is 1. The van der Waals surface area contributed by atoms with Crippen LogP contribution in [0, 0.1) is 0 Å². The molecule has 32 heavy (non-hydrogen) atoms. The molecule has 1 atom stereocenters. The van der Waals surface area contributed by atoms with Crippen LogP contribution >= 0.6 is 0 Å². The zero-order valence-electron chi connectivity index (χ0n) is 16.2. The van der Waals surface area contributed by atoms with Crippen LogP contribution in [0.2, 0.25) is 0 Å². The number of carbonyl (C=O) groups is 1. The third-order valence-electron chi connectivity index (χ3n) is 5.05. The summed E-state index contributed by atoms with van der Waals surface area (Å²) >= 11 is 0. The lowest BCUT2D eigenvalue weighted by atomic mass is 9.96. The predicted octanol–water partition coefficient (Wildman–Crippen LogP) is 4.91. The molecule has 2 aliphatic heterocycles. The number of rotatable bonds is 1. The highest BCUT2D eigenvalue weighted by Crippen LogP contribution is 2.39. The first kappa shape index (κ1) is 21.7. The minimum absolute atomic E-state index is 0.00859. The van der Waals surface area contributed by atoms with Gasteiger partial charge in [-0.2, -0.15) is 31.4 Å². The van der Waals surface area contributed by atoms with Crippen molar-refractivity contribution in [2.45, 2.75) is 25.3 Å². The summed E-state index contributed by atoms with van der Waals surface area (Å²) in [7, 11) is 0. The van der Waals surface area contributed by atoms with Crippen molar-refractivity contribution in [3.63, 3.8) is 0 Å². The molecule has 12 heteroatoms. The van der Waals surface area contributed by atoms with Crippen molar-refractivity contribution in [3.05, 3.63) is 71.0 Å². The Kier molecular flexibility index (Phi) is 4.92. The summed E-state index contributed by atoms with van der Waals surface area (Å²) in [5, 5.41) is 5.81. The summed E-state index contributed by atoms with van der Waals surface area (Å²) in [4.78, 5) is 12.9. The Bertz CT molecular complexity index is 1140. The van der Waals surface area contributed by atoms with Gasteiger partial charge in [-0.1, -0.05) is 0 Å². The average molecular weight is 456 g/mol. The van der Waals surface area contributed by atoms with Gasteiger partial charge in [0.25, 0.3) is 0 Å². The van der Waals surface area contributed by atoms with E-state index in [1.807, 2.05) is 0 Å². The Hall–Kier alpha value is -3.54. The van der Waals surface area contributed by atoms with Crippen LogP contribution in [-0.2, 0) is 12.4 Å². The van der Waals surface area contributed by atoms with E-state index in [-0.39, 0.29) is 22.7 Å². The minimum Gasteiger partial charge on any atom is -0.464 e. The summed E-state index contributed by atoms with van der Waals surface area (Å²) in [6, 6.07) is 5.01. The second kappa shape index (κ2) is 7.26. The van der Waals surface area contributed by atoms with Crippen molar-refractivity contribution >= 4 is 17.4 Å². The van der Waals surface area contributed by atoms with Gasteiger partial charge < -0.3 is 4.74 Å².